The predicted molar refractivity (Wildman–Crippen MR) is 105 cm³/mol. The third-order valence-electron chi connectivity index (χ3n) is 4.35. The van der Waals surface area contributed by atoms with Gasteiger partial charge >= 0.3 is 0 Å². The van der Waals surface area contributed by atoms with Gasteiger partial charge in [0.15, 0.2) is 23.0 Å². The van der Waals surface area contributed by atoms with E-state index < -0.39 is 5.91 Å². The standard InChI is InChI=1S/C21H18N4O4/c1-13-2-5-15(6-3-13)20(26)25-19-18(22-8-9-23-19)21(27)24-11-14-4-7-16-17(10-14)29-12-28-16/h2-10H,11-12H2,1H3,(H,24,27)(H,23,25,26). The van der Waals surface area contributed by atoms with Crippen molar-refractivity contribution in [3.63, 3.8) is 0 Å². The number of amides is 2. The second-order valence-electron chi connectivity index (χ2n) is 6.44. The van der Waals surface area contributed by atoms with E-state index >= 15 is 0 Å². The zero-order valence-electron chi connectivity index (χ0n) is 15.6. The Morgan fingerprint density at radius 1 is 0.966 bits per heavy atom. The fourth-order valence-electron chi connectivity index (χ4n) is 2.80. The molecule has 0 atom stereocenters. The number of carbonyl (C=O) groups excluding carboxylic acids is 2. The Hall–Kier alpha value is -3.94. The minimum atomic E-state index is -0.449. The van der Waals surface area contributed by atoms with E-state index in [1.165, 1.54) is 12.4 Å². The van der Waals surface area contributed by atoms with Crippen LogP contribution in [0.2, 0.25) is 0 Å². The zero-order chi connectivity index (χ0) is 20.2. The zero-order valence-corrected chi connectivity index (χ0v) is 15.6. The molecule has 0 unspecified atom stereocenters. The summed E-state index contributed by atoms with van der Waals surface area (Å²) in [6, 6.07) is 12.5. The van der Waals surface area contributed by atoms with Crippen LogP contribution in [-0.4, -0.2) is 28.6 Å². The van der Waals surface area contributed by atoms with Crippen molar-refractivity contribution in [1.29, 1.82) is 0 Å². The number of hydrogen-bond acceptors (Lipinski definition) is 6. The van der Waals surface area contributed by atoms with Crippen LogP contribution in [0.15, 0.2) is 54.9 Å². The Balaban J connectivity index is 1.45. The molecule has 1 aliphatic rings. The van der Waals surface area contributed by atoms with Gasteiger partial charge in [0.05, 0.1) is 0 Å². The van der Waals surface area contributed by atoms with Crippen LogP contribution < -0.4 is 20.1 Å². The second kappa shape index (κ2) is 7.97. The van der Waals surface area contributed by atoms with Crippen molar-refractivity contribution in [2.75, 3.05) is 12.1 Å². The molecule has 146 valence electrons. The summed E-state index contributed by atoms with van der Waals surface area (Å²) >= 11 is 0. The number of benzene rings is 2. The molecule has 2 heterocycles. The summed E-state index contributed by atoms with van der Waals surface area (Å²) in [6.07, 6.45) is 2.82. The molecule has 0 bridgehead atoms. The summed E-state index contributed by atoms with van der Waals surface area (Å²) in [5.74, 6) is 0.601. The van der Waals surface area contributed by atoms with Gasteiger partial charge in [-0.2, -0.15) is 0 Å². The van der Waals surface area contributed by atoms with Crippen molar-refractivity contribution >= 4 is 17.6 Å². The first kappa shape index (κ1) is 18.4. The van der Waals surface area contributed by atoms with Gasteiger partial charge in [-0.25, -0.2) is 9.97 Å². The van der Waals surface area contributed by atoms with Crippen molar-refractivity contribution in [3.8, 4) is 11.5 Å². The van der Waals surface area contributed by atoms with Crippen molar-refractivity contribution in [1.82, 2.24) is 15.3 Å². The molecular formula is C21H18N4O4. The van der Waals surface area contributed by atoms with E-state index in [1.54, 1.807) is 24.3 Å². The van der Waals surface area contributed by atoms with E-state index in [0.717, 1.165) is 11.1 Å². The molecule has 0 radical (unpaired) electrons. The molecule has 29 heavy (non-hydrogen) atoms. The lowest BCUT2D eigenvalue weighted by atomic mass is 10.1. The maximum absolute atomic E-state index is 12.6. The van der Waals surface area contributed by atoms with Crippen molar-refractivity contribution in [2.45, 2.75) is 13.5 Å². The van der Waals surface area contributed by atoms with E-state index in [4.69, 9.17) is 9.47 Å². The lowest BCUT2D eigenvalue weighted by Crippen LogP contribution is -2.26. The first-order valence-corrected chi connectivity index (χ1v) is 8.96. The molecule has 3 aromatic rings. The Kier molecular flexibility index (Phi) is 5.07. The van der Waals surface area contributed by atoms with E-state index in [9.17, 15) is 9.59 Å². The highest BCUT2D eigenvalue weighted by Crippen LogP contribution is 2.32. The number of hydrogen-bond donors (Lipinski definition) is 2. The average Bonchev–Trinajstić information content (AvgIpc) is 3.21. The minimum Gasteiger partial charge on any atom is -0.454 e. The number of nitrogens with one attached hydrogen (secondary N) is 2. The molecule has 0 spiro atoms. The number of carbonyl (C=O) groups is 2. The number of rotatable bonds is 5. The van der Waals surface area contributed by atoms with Crippen LogP contribution >= 0.6 is 0 Å². The second-order valence-corrected chi connectivity index (χ2v) is 6.44. The molecule has 4 rings (SSSR count). The summed E-state index contributed by atoms with van der Waals surface area (Å²) in [6.45, 7) is 2.39. The lowest BCUT2D eigenvalue weighted by molar-refractivity contribution is 0.0946. The molecule has 0 saturated heterocycles. The maximum Gasteiger partial charge on any atom is 0.274 e. The highest BCUT2D eigenvalue weighted by Gasteiger charge is 2.18. The molecule has 1 aliphatic heterocycles. The summed E-state index contributed by atoms with van der Waals surface area (Å²) in [4.78, 5) is 33.2. The average molecular weight is 390 g/mol. The summed E-state index contributed by atoms with van der Waals surface area (Å²) in [7, 11) is 0. The number of aromatic nitrogens is 2. The minimum absolute atomic E-state index is 0.0358. The topological polar surface area (TPSA) is 102 Å². The van der Waals surface area contributed by atoms with E-state index in [2.05, 4.69) is 20.6 Å². The Labute approximate surface area is 166 Å². The molecule has 2 amide bonds. The van der Waals surface area contributed by atoms with Crippen LogP contribution in [0.25, 0.3) is 0 Å². The number of ether oxygens (including phenoxy) is 2. The molecule has 1 aromatic heterocycles. The van der Waals surface area contributed by atoms with Crippen LogP contribution in [0, 0.1) is 6.92 Å². The molecule has 0 fully saturated rings. The molecule has 8 nitrogen and oxygen atoms in total. The van der Waals surface area contributed by atoms with Gasteiger partial charge < -0.3 is 20.1 Å². The van der Waals surface area contributed by atoms with E-state index in [0.29, 0.717) is 17.1 Å². The summed E-state index contributed by atoms with van der Waals surface area (Å²) in [5.41, 5.74) is 2.39. The number of anilines is 1. The van der Waals surface area contributed by atoms with Crippen molar-refractivity contribution < 1.29 is 19.1 Å². The third-order valence-corrected chi connectivity index (χ3v) is 4.35. The van der Waals surface area contributed by atoms with Gasteiger partial charge in [-0.15, -0.1) is 0 Å². The van der Waals surface area contributed by atoms with E-state index in [1.807, 2.05) is 25.1 Å². The van der Waals surface area contributed by atoms with Crippen LogP contribution in [-0.2, 0) is 6.54 Å². The first-order chi connectivity index (χ1) is 14.1. The van der Waals surface area contributed by atoms with Crippen LogP contribution in [0.3, 0.4) is 0 Å². The van der Waals surface area contributed by atoms with Gasteiger partial charge in [0.1, 0.15) is 0 Å². The van der Waals surface area contributed by atoms with Gasteiger partial charge in [-0.3, -0.25) is 9.59 Å². The molecule has 2 N–H and O–H groups in total. The van der Waals surface area contributed by atoms with Crippen molar-refractivity contribution in [3.05, 3.63) is 77.2 Å². The summed E-state index contributed by atoms with van der Waals surface area (Å²) in [5, 5.41) is 5.43. The summed E-state index contributed by atoms with van der Waals surface area (Å²) < 4.78 is 10.6. The SMILES string of the molecule is Cc1ccc(C(=O)Nc2nccnc2C(=O)NCc2ccc3c(c2)OCO3)cc1. The smallest absolute Gasteiger partial charge is 0.274 e. The van der Waals surface area contributed by atoms with Gasteiger partial charge in [0.2, 0.25) is 6.79 Å². The molecule has 8 heteroatoms. The fourth-order valence-corrected chi connectivity index (χ4v) is 2.80. The lowest BCUT2D eigenvalue weighted by Gasteiger charge is -2.10. The van der Waals surface area contributed by atoms with Crippen LogP contribution in [0.4, 0.5) is 5.82 Å². The fraction of sp³-hybridized carbons (Fsp3) is 0.143. The monoisotopic (exact) mass is 390 g/mol. The van der Waals surface area contributed by atoms with Crippen LogP contribution in [0.5, 0.6) is 11.5 Å². The number of fused-ring (bicyclic) bond motifs is 1. The van der Waals surface area contributed by atoms with Gasteiger partial charge in [0, 0.05) is 24.5 Å². The van der Waals surface area contributed by atoms with Crippen molar-refractivity contribution in [2.24, 2.45) is 0 Å². The Morgan fingerprint density at radius 3 is 2.55 bits per heavy atom. The highest BCUT2D eigenvalue weighted by atomic mass is 16.7. The maximum atomic E-state index is 12.6. The number of nitrogens with zero attached hydrogens (tertiary/aromatic N) is 2. The molecule has 0 aliphatic carbocycles. The quantitative estimate of drug-likeness (QED) is 0.694. The molecular weight excluding hydrogens is 372 g/mol. The van der Waals surface area contributed by atoms with E-state index in [-0.39, 0.29) is 30.8 Å². The number of aryl methyl sites for hydroxylation is 1. The predicted octanol–water partition coefficient (Wildman–Crippen LogP) is 2.70. The van der Waals surface area contributed by atoms with Gasteiger partial charge in [0.25, 0.3) is 11.8 Å². The Morgan fingerprint density at radius 2 is 1.72 bits per heavy atom. The Bertz CT molecular complexity index is 1070. The first-order valence-electron chi connectivity index (χ1n) is 8.96. The molecule has 2 aromatic carbocycles. The third kappa shape index (κ3) is 4.16. The largest absolute Gasteiger partial charge is 0.454 e. The van der Waals surface area contributed by atoms with Crippen LogP contribution in [0.1, 0.15) is 32.0 Å². The van der Waals surface area contributed by atoms with Gasteiger partial charge in [-0.1, -0.05) is 23.8 Å². The normalized spacial score (nSPS) is 11.8. The van der Waals surface area contributed by atoms with Gasteiger partial charge in [-0.05, 0) is 36.8 Å². The molecule has 0 saturated carbocycles. The highest BCUT2D eigenvalue weighted by molar-refractivity contribution is 6.07.